The van der Waals surface area contributed by atoms with E-state index in [9.17, 15) is 8.42 Å². The Kier molecular flexibility index (Phi) is 5.44. The number of anilines is 2. The normalized spacial score (nSPS) is 17.4. The van der Waals surface area contributed by atoms with Gasteiger partial charge >= 0.3 is 0 Å². The van der Waals surface area contributed by atoms with E-state index < -0.39 is 10.0 Å². The minimum Gasteiger partial charge on any atom is -0.399 e. The van der Waals surface area contributed by atoms with Gasteiger partial charge < -0.3 is 16.0 Å². The monoisotopic (exact) mass is 312 g/mol. The number of hydrogen-bond acceptors (Lipinski definition) is 5. The minimum absolute atomic E-state index is 0.0415. The van der Waals surface area contributed by atoms with Crippen LogP contribution in [0.15, 0.2) is 23.1 Å². The summed E-state index contributed by atoms with van der Waals surface area (Å²) in [6.07, 6.45) is 5.15. The molecular formula is C14H24N4O2S. The highest BCUT2D eigenvalue weighted by atomic mass is 32.2. The van der Waals surface area contributed by atoms with E-state index in [1.165, 1.54) is 37.8 Å². The quantitative estimate of drug-likeness (QED) is 0.709. The number of likely N-dealkylation sites (tertiary alicyclic amines) is 1. The largest absolute Gasteiger partial charge is 0.399 e. The number of nitrogens with zero attached hydrogens (tertiary/aromatic N) is 1. The zero-order valence-electron chi connectivity index (χ0n) is 12.2. The summed E-state index contributed by atoms with van der Waals surface area (Å²) >= 11 is 0. The molecule has 0 spiro atoms. The van der Waals surface area contributed by atoms with Crippen molar-refractivity contribution in [2.75, 3.05) is 37.2 Å². The van der Waals surface area contributed by atoms with E-state index in [2.05, 4.69) is 10.2 Å². The molecule has 1 aliphatic rings. The first-order valence-corrected chi connectivity index (χ1v) is 8.89. The number of nitrogen functional groups attached to an aromatic ring is 1. The fourth-order valence-electron chi connectivity index (χ4n) is 2.61. The predicted octanol–water partition coefficient (Wildman–Crippen LogP) is 1.20. The summed E-state index contributed by atoms with van der Waals surface area (Å²) in [6, 6.07) is 4.61. The van der Waals surface area contributed by atoms with Crippen LogP contribution in [0.4, 0.5) is 11.4 Å². The average Bonchev–Trinajstić information content (AvgIpc) is 2.66. The van der Waals surface area contributed by atoms with Crippen LogP contribution in [-0.4, -0.2) is 39.5 Å². The fraction of sp³-hybridized carbons (Fsp3) is 0.571. The minimum atomic E-state index is -3.73. The lowest BCUT2D eigenvalue weighted by atomic mass is 10.2. The van der Waals surface area contributed by atoms with E-state index in [4.69, 9.17) is 10.9 Å². The highest BCUT2D eigenvalue weighted by Gasteiger charge is 2.11. The molecular weight excluding hydrogens is 288 g/mol. The molecule has 0 saturated carbocycles. The Morgan fingerprint density at radius 3 is 2.38 bits per heavy atom. The summed E-state index contributed by atoms with van der Waals surface area (Å²) in [5, 5.41) is 8.36. The van der Waals surface area contributed by atoms with Gasteiger partial charge in [-0.15, -0.1) is 0 Å². The molecule has 6 nitrogen and oxygen atoms in total. The predicted molar refractivity (Wildman–Crippen MR) is 85.6 cm³/mol. The molecule has 1 heterocycles. The van der Waals surface area contributed by atoms with Gasteiger partial charge in [0.25, 0.3) is 0 Å². The third-order valence-corrected chi connectivity index (χ3v) is 4.61. The van der Waals surface area contributed by atoms with Crippen LogP contribution in [0.2, 0.25) is 0 Å². The van der Waals surface area contributed by atoms with Crippen molar-refractivity contribution < 1.29 is 8.42 Å². The van der Waals surface area contributed by atoms with Crippen molar-refractivity contribution in [3.8, 4) is 0 Å². The third-order valence-electron chi connectivity index (χ3n) is 3.71. The number of benzene rings is 1. The van der Waals surface area contributed by atoms with Crippen LogP contribution in [0.25, 0.3) is 0 Å². The van der Waals surface area contributed by atoms with E-state index >= 15 is 0 Å². The third kappa shape index (κ3) is 5.18. The summed E-state index contributed by atoms with van der Waals surface area (Å²) in [5.74, 6) is 0. The first-order valence-electron chi connectivity index (χ1n) is 7.35. The lowest BCUT2D eigenvalue weighted by molar-refractivity contribution is 0.296. The molecule has 1 aromatic carbocycles. The van der Waals surface area contributed by atoms with Gasteiger partial charge in [0, 0.05) is 24.5 Å². The molecule has 7 heteroatoms. The van der Waals surface area contributed by atoms with Crippen LogP contribution in [0.1, 0.15) is 25.7 Å². The molecule has 1 aliphatic heterocycles. The van der Waals surface area contributed by atoms with Gasteiger partial charge in [0.2, 0.25) is 10.0 Å². The van der Waals surface area contributed by atoms with E-state index in [0.717, 1.165) is 26.2 Å². The molecule has 1 saturated heterocycles. The zero-order valence-corrected chi connectivity index (χ0v) is 13.0. The SMILES string of the molecule is Nc1cc(NCCN2CCCCCC2)cc(S(N)(=O)=O)c1. The number of sulfonamides is 1. The maximum Gasteiger partial charge on any atom is 0.238 e. The van der Waals surface area contributed by atoms with Crippen molar-refractivity contribution in [1.82, 2.24) is 4.90 Å². The van der Waals surface area contributed by atoms with Gasteiger partial charge in [0.1, 0.15) is 0 Å². The van der Waals surface area contributed by atoms with Crippen molar-refractivity contribution in [2.45, 2.75) is 30.6 Å². The molecule has 1 aromatic rings. The Morgan fingerprint density at radius 1 is 1.10 bits per heavy atom. The van der Waals surface area contributed by atoms with Crippen molar-refractivity contribution in [3.05, 3.63) is 18.2 Å². The molecule has 21 heavy (non-hydrogen) atoms. The number of rotatable bonds is 5. The maximum atomic E-state index is 11.4. The Bertz CT molecular complexity index is 566. The molecule has 0 radical (unpaired) electrons. The summed E-state index contributed by atoms with van der Waals surface area (Å²) in [6.45, 7) is 3.98. The average molecular weight is 312 g/mol. The molecule has 1 fully saturated rings. The lowest BCUT2D eigenvalue weighted by Gasteiger charge is -2.20. The number of nitrogens with one attached hydrogen (secondary N) is 1. The van der Waals surface area contributed by atoms with Crippen LogP contribution >= 0.6 is 0 Å². The molecule has 0 aliphatic carbocycles. The highest BCUT2D eigenvalue weighted by Crippen LogP contribution is 2.19. The summed E-state index contributed by atoms with van der Waals surface area (Å²) in [5.41, 5.74) is 6.80. The Morgan fingerprint density at radius 2 is 1.76 bits per heavy atom. The van der Waals surface area contributed by atoms with E-state index in [0.29, 0.717) is 11.4 Å². The molecule has 5 N–H and O–H groups in total. The highest BCUT2D eigenvalue weighted by molar-refractivity contribution is 7.89. The molecule has 0 bridgehead atoms. The molecule has 0 amide bonds. The van der Waals surface area contributed by atoms with Crippen LogP contribution in [0.5, 0.6) is 0 Å². The Hall–Kier alpha value is -1.31. The summed E-state index contributed by atoms with van der Waals surface area (Å²) in [4.78, 5) is 2.48. The number of nitrogens with two attached hydrogens (primary N) is 2. The van der Waals surface area contributed by atoms with Crippen LogP contribution in [0.3, 0.4) is 0 Å². The van der Waals surface area contributed by atoms with Gasteiger partial charge in [-0.1, -0.05) is 12.8 Å². The van der Waals surface area contributed by atoms with Gasteiger partial charge in [-0.2, -0.15) is 0 Å². The van der Waals surface area contributed by atoms with Crippen LogP contribution in [0, 0.1) is 0 Å². The van der Waals surface area contributed by atoms with E-state index in [-0.39, 0.29) is 4.90 Å². The van der Waals surface area contributed by atoms with Crippen LogP contribution < -0.4 is 16.2 Å². The zero-order chi connectivity index (χ0) is 15.3. The second-order valence-electron chi connectivity index (χ2n) is 5.52. The van der Waals surface area contributed by atoms with E-state index in [1.807, 2.05) is 0 Å². The molecule has 118 valence electrons. The molecule has 0 aromatic heterocycles. The smallest absolute Gasteiger partial charge is 0.238 e. The topological polar surface area (TPSA) is 101 Å². The van der Waals surface area contributed by atoms with Crippen LogP contribution in [-0.2, 0) is 10.0 Å². The Labute approximate surface area is 126 Å². The fourth-order valence-corrected chi connectivity index (χ4v) is 3.20. The van der Waals surface area contributed by atoms with E-state index in [1.54, 1.807) is 6.07 Å². The lowest BCUT2D eigenvalue weighted by Crippen LogP contribution is -2.30. The second-order valence-corrected chi connectivity index (χ2v) is 7.08. The first-order chi connectivity index (χ1) is 9.95. The maximum absolute atomic E-state index is 11.4. The molecule has 2 rings (SSSR count). The number of primary sulfonamides is 1. The van der Waals surface area contributed by atoms with Gasteiger partial charge in [-0.05, 0) is 44.1 Å². The van der Waals surface area contributed by atoms with Gasteiger partial charge in [0.05, 0.1) is 4.90 Å². The van der Waals surface area contributed by atoms with Crippen molar-refractivity contribution in [3.63, 3.8) is 0 Å². The van der Waals surface area contributed by atoms with Gasteiger partial charge in [-0.3, -0.25) is 0 Å². The molecule has 0 atom stereocenters. The second kappa shape index (κ2) is 7.11. The summed E-state index contributed by atoms with van der Waals surface area (Å²) < 4.78 is 22.8. The van der Waals surface area contributed by atoms with Gasteiger partial charge in [-0.25, -0.2) is 13.6 Å². The Balaban J connectivity index is 1.92. The van der Waals surface area contributed by atoms with Crippen molar-refractivity contribution in [1.29, 1.82) is 0 Å². The van der Waals surface area contributed by atoms with Crippen molar-refractivity contribution in [2.24, 2.45) is 5.14 Å². The van der Waals surface area contributed by atoms with Gasteiger partial charge in [0.15, 0.2) is 0 Å². The summed E-state index contributed by atoms with van der Waals surface area (Å²) in [7, 11) is -3.73. The standard InChI is InChI=1S/C14H24N4O2S/c15-12-9-13(11-14(10-12)21(16,19)20)17-5-8-18-6-3-1-2-4-7-18/h9-11,17H,1-8,15H2,(H2,16,19,20). The number of hydrogen-bond donors (Lipinski definition) is 3. The first kappa shape index (κ1) is 16.1. The van der Waals surface area contributed by atoms with Crippen molar-refractivity contribution >= 4 is 21.4 Å². The molecule has 0 unspecified atom stereocenters.